The van der Waals surface area contributed by atoms with E-state index >= 15 is 0 Å². The van der Waals surface area contributed by atoms with Gasteiger partial charge in [0.05, 0.1) is 55.9 Å². The number of hydrogen-bond donors (Lipinski definition) is 0. The summed E-state index contributed by atoms with van der Waals surface area (Å²) in [4.78, 5) is 4.73. The van der Waals surface area contributed by atoms with Crippen LogP contribution in [0.3, 0.4) is 0 Å². The molecule has 340 valence electrons. The number of rotatable bonds is 3. The lowest BCUT2D eigenvalue weighted by Gasteiger charge is -2.36. The summed E-state index contributed by atoms with van der Waals surface area (Å²) < 4.78 is 16.3. The highest BCUT2D eigenvalue weighted by Gasteiger charge is 2.32. The number of aromatic nitrogens is 1. The van der Waals surface area contributed by atoms with Crippen molar-refractivity contribution in [1.29, 1.82) is 0 Å². The van der Waals surface area contributed by atoms with Crippen molar-refractivity contribution in [2.75, 3.05) is 9.80 Å². The fourth-order valence-electron chi connectivity index (χ4n) is 10.9. The number of hydrogen-bond acceptors (Lipinski definition) is 4. The van der Waals surface area contributed by atoms with Crippen molar-refractivity contribution in [2.24, 2.45) is 0 Å². The Morgan fingerprint density at radius 1 is 0.264 bits per heavy atom. The van der Waals surface area contributed by atoms with Crippen LogP contribution in [0.1, 0.15) is 0 Å². The molecule has 0 fully saturated rings. The molecule has 0 amide bonds. The third-order valence-corrected chi connectivity index (χ3v) is 14.5. The number of nitrogens with zero attached hydrogens (tertiary/aromatic N) is 3. The van der Waals surface area contributed by atoms with Gasteiger partial charge in [-0.25, -0.2) is 0 Å². The Labute approximate surface area is 422 Å². The van der Waals surface area contributed by atoms with Crippen LogP contribution in [0.4, 0.5) is 34.1 Å². The molecule has 1 aromatic heterocycles. The van der Waals surface area contributed by atoms with Crippen molar-refractivity contribution in [3.8, 4) is 73.2 Å². The van der Waals surface area contributed by atoms with Crippen molar-refractivity contribution < 1.29 is 9.47 Å². The summed E-state index contributed by atoms with van der Waals surface area (Å²) in [5.41, 5.74) is 16.2. The van der Waals surface area contributed by atoms with Gasteiger partial charge in [-0.15, -0.1) is 0 Å². The predicted octanol–water partition coefficient (Wildman–Crippen LogP) is 19.3. The quantitative estimate of drug-likeness (QED) is 0.177. The Balaban J connectivity index is 1.16. The van der Waals surface area contributed by atoms with Crippen molar-refractivity contribution >= 4 is 67.5 Å². The highest BCUT2D eigenvalue weighted by atomic mass is 35.5. The average molecular weight is 945 g/mol. The summed E-state index contributed by atoms with van der Waals surface area (Å²) in [5, 5.41) is 2.88. The molecule has 14 rings (SSSR count). The number of anilines is 6. The highest BCUT2D eigenvalue weighted by Crippen LogP contribution is 2.57. The number of para-hydroxylation sites is 10. The molecule has 0 saturated heterocycles. The van der Waals surface area contributed by atoms with Crippen molar-refractivity contribution in [3.05, 3.63) is 260 Å². The molecule has 72 heavy (non-hydrogen) atoms. The van der Waals surface area contributed by atoms with E-state index in [0.29, 0.717) is 5.02 Å². The van der Waals surface area contributed by atoms with E-state index in [9.17, 15) is 0 Å². The molecule has 0 unspecified atom stereocenters. The summed E-state index contributed by atoms with van der Waals surface area (Å²) >= 11 is 8.50. The Morgan fingerprint density at radius 2 is 0.528 bits per heavy atom. The van der Waals surface area contributed by atoms with E-state index in [1.165, 1.54) is 0 Å². The molecule has 11 aromatic carbocycles. The topological polar surface area (TPSA) is 29.9 Å². The van der Waals surface area contributed by atoms with Gasteiger partial charge in [-0.05, 0) is 72.8 Å². The molecule has 2 aliphatic rings. The van der Waals surface area contributed by atoms with E-state index in [0.717, 1.165) is 129 Å². The molecule has 0 saturated carbocycles. The zero-order valence-electron chi connectivity index (χ0n) is 38.8. The molecule has 12 aromatic rings. The van der Waals surface area contributed by atoms with Crippen molar-refractivity contribution in [1.82, 2.24) is 4.57 Å². The lowest BCUT2D eigenvalue weighted by Crippen LogP contribution is -2.18. The SMILES string of the molecule is Clc1c(N2c3ccccc3-c3ccccc3Oc3ccccc3-c3ccccc32)cc(-n2c3ccccc3c3ccccc32)cc1N1c2ccccc2-c2ccccc2Oc2ccccc2-c2ccccc21. The predicted molar refractivity (Wildman–Crippen MR) is 297 cm³/mol. The Hall–Kier alpha value is -9.29. The molecule has 0 radical (unpaired) electrons. The summed E-state index contributed by atoms with van der Waals surface area (Å²) in [7, 11) is 0. The number of fused-ring (bicyclic) bond motifs is 15. The van der Waals surface area contributed by atoms with Gasteiger partial charge in [-0.1, -0.05) is 194 Å². The van der Waals surface area contributed by atoms with Gasteiger partial charge >= 0.3 is 0 Å². The number of halogens is 1. The van der Waals surface area contributed by atoms with E-state index in [4.69, 9.17) is 21.1 Å². The van der Waals surface area contributed by atoms with Gasteiger partial charge in [0, 0.05) is 55.3 Å². The Morgan fingerprint density at radius 3 is 0.861 bits per heavy atom. The molecule has 2 aliphatic heterocycles. The molecule has 3 heterocycles. The fourth-order valence-corrected chi connectivity index (χ4v) is 11.2. The van der Waals surface area contributed by atoms with Crippen LogP contribution in [0.15, 0.2) is 255 Å². The van der Waals surface area contributed by atoms with Crippen molar-refractivity contribution in [3.63, 3.8) is 0 Å². The molecule has 5 nitrogen and oxygen atoms in total. The lowest BCUT2D eigenvalue weighted by atomic mass is 9.96. The first-order valence-electron chi connectivity index (χ1n) is 24.2. The lowest BCUT2D eigenvalue weighted by molar-refractivity contribution is 0.486. The zero-order chi connectivity index (χ0) is 47.7. The zero-order valence-corrected chi connectivity index (χ0v) is 39.5. The molecular formula is C66H42ClN3O2. The fraction of sp³-hybridized carbons (Fsp3) is 0. The van der Waals surface area contributed by atoms with E-state index < -0.39 is 0 Å². The molecule has 0 aliphatic carbocycles. The van der Waals surface area contributed by atoms with Gasteiger partial charge in [0.15, 0.2) is 0 Å². The minimum Gasteiger partial charge on any atom is -0.456 e. The van der Waals surface area contributed by atoms with Gasteiger partial charge in [-0.3, -0.25) is 0 Å². The van der Waals surface area contributed by atoms with Crippen LogP contribution in [-0.2, 0) is 0 Å². The molecule has 0 bridgehead atoms. The second kappa shape index (κ2) is 17.0. The number of benzene rings is 11. The van der Waals surface area contributed by atoms with E-state index in [1.807, 2.05) is 24.3 Å². The maximum atomic E-state index is 8.50. The first-order valence-corrected chi connectivity index (χ1v) is 24.6. The van der Waals surface area contributed by atoms with Crippen LogP contribution in [-0.4, -0.2) is 4.57 Å². The maximum absolute atomic E-state index is 8.50. The highest BCUT2D eigenvalue weighted by molar-refractivity contribution is 6.37. The van der Waals surface area contributed by atoms with Crippen LogP contribution in [0.25, 0.3) is 72.0 Å². The minimum absolute atomic E-state index is 0.554. The minimum atomic E-state index is 0.554. The van der Waals surface area contributed by atoms with Gasteiger partial charge in [0.2, 0.25) is 0 Å². The molecule has 0 atom stereocenters. The largest absolute Gasteiger partial charge is 0.456 e. The van der Waals surface area contributed by atoms with E-state index in [-0.39, 0.29) is 0 Å². The van der Waals surface area contributed by atoms with Crippen LogP contribution in [0.2, 0.25) is 5.02 Å². The smallest absolute Gasteiger partial charge is 0.135 e. The van der Waals surface area contributed by atoms with Gasteiger partial charge in [-0.2, -0.15) is 0 Å². The normalized spacial score (nSPS) is 12.4. The average Bonchev–Trinajstić information content (AvgIpc) is 3.77. The maximum Gasteiger partial charge on any atom is 0.135 e. The second-order valence-corrected chi connectivity index (χ2v) is 18.5. The molecular weight excluding hydrogens is 902 g/mol. The summed E-state index contributed by atoms with van der Waals surface area (Å²) in [5.74, 6) is 3.03. The first kappa shape index (κ1) is 41.7. The Bertz CT molecular complexity index is 3680. The molecule has 6 heteroatoms. The monoisotopic (exact) mass is 943 g/mol. The number of ether oxygens (including phenoxy) is 2. The van der Waals surface area contributed by atoms with Crippen LogP contribution < -0.4 is 19.3 Å². The van der Waals surface area contributed by atoms with Gasteiger partial charge in [0.1, 0.15) is 23.0 Å². The standard InChI is InChI=1S/C66H42ClN3O2/c67-66-60(69-56-33-13-3-23-46(56)50-27-7-17-37-62(50)71-63-38-18-8-28-51(63)47-24-4-14-34-57(47)69)41-43(68-54-31-11-1-21-44(54)45-22-2-12-32-55(45)68)42-61(66)70-58-35-15-5-25-48(58)52-29-9-19-39-64(52)72-65-40-20-10-30-53(65)49-26-6-16-36-59(49)70/h1-42H. The summed E-state index contributed by atoms with van der Waals surface area (Å²) in [6.07, 6.45) is 0. The van der Waals surface area contributed by atoms with E-state index in [2.05, 4.69) is 245 Å². The molecule has 0 N–H and O–H groups in total. The van der Waals surface area contributed by atoms with Gasteiger partial charge in [0.25, 0.3) is 0 Å². The van der Waals surface area contributed by atoms with Gasteiger partial charge < -0.3 is 23.8 Å². The third kappa shape index (κ3) is 6.63. The van der Waals surface area contributed by atoms with Crippen LogP contribution in [0, 0.1) is 0 Å². The third-order valence-electron chi connectivity index (χ3n) is 14.1. The van der Waals surface area contributed by atoms with E-state index in [1.54, 1.807) is 0 Å². The second-order valence-electron chi connectivity index (χ2n) is 18.1. The Kier molecular flexibility index (Phi) is 9.83. The van der Waals surface area contributed by atoms with Crippen molar-refractivity contribution in [2.45, 2.75) is 0 Å². The summed E-state index contributed by atoms with van der Waals surface area (Å²) in [6.45, 7) is 0. The molecule has 0 spiro atoms. The summed E-state index contributed by atoms with van der Waals surface area (Å²) in [6, 6.07) is 89.4. The first-order chi connectivity index (χ1) is 35.7. The van der Waals surface area contributed by atoms with Crippen LogP contribution >= 0.6 is 11.6 Å². The van der Waals surface area contributed by atoms with Crippen LogP contribution in [0.5, 0.6) is 23.0 Å².